The lowest BCUT2D eigenvalue weighted by molar-refractivity contribution is 0.537. The molecule has 16 heavy (non-hydrogen) atoms. The molecule has 2 aromatic carbocycles. The van der Waals surface area contributed by atoms with Gasteiger partial charge in [-0.2, -0.15) is 0 Å². The highest BCUT2D eigenvalue weighted by molar-refractivity contribution is 7.79. The van der Waals surface area contributed by atoms with Gasteiger partial charge in [0.1, 0.15) is 0 Å². The van der Waals surface area contributed by atoms with Gasteiger partial charge >= 0.3 is 0 Å². The van der Waals surface area contributed by atoms with Gasteiger partial charge < -0.3 is 4.55 Å². The summed E-state index contributed by atoms with van der Waals surface area (Å²) in [7, 11) is 0. The topological polar surface area (TPSA) is 40.1 Å². The van der Waals surface area contributed by atoms with Gasteiger partial charge in [0, 0.05) is 4.90 Å². The van der Waals surface area contributed by atoms with Gasteiger partial charge in [0.05, 0.1) is 0 Å². The van der Waals surface area contributed by atoms with E-state index < -0.39 is 11.1 Å². The second-order valence-electron chi connectivity index (χ2n) is 3.55. The molecule has 0 radical (unpaired) electrons. The van der Waals surface area contributed by atoms with Gasteiger partial charge in [-0.3, -0.25) is 4.21 Å². The Hall–Kier alpha value is -1.45. The molecule has 0 saturated heterocycles. The largest absolute Gasteiger partial charge is 0.768 e. The van der Waals surface area contributed by atoms with Crippen molar-refractivity contribution in [1.82, 2.24) is 0 Å². The van der Waals surface area contributed by atoms with Crippen molar-refractivity contribution < 1.29 is 8.76 Å². The van der Waals surface area contributed by atoms with Gasteiger partial charge in [0.15, 0.2) is 0 Å². The predicted octanol–water partition coefficient (Wildman–Crippen LogP) is 2.90. The molecule has 2 rings (SSSR count). The van der Waals surface area contributed by atoms with E-state index in [2.05, 4.69) is 0 Å². The normalized spacial score (nSPS) is 12.4. The monoisotopic (exact) mass is 231 g/mol. The maximum Gasteiger partial charge on any atom is 0.0329 e. The van der Waals surface area contributed by atoms with E-state index in [0.717, 1.165) is 16.7 Å². The second-order valence-corrected chi connectivity index (χ2v) is 4.46. The van der Waals surface area contributed by atoms with Gasteiger partial charge in [0.2, 0.25) is 0 Å². The van der Waals surface area contributed by atoms with Crippen molar-refractivity contribution >= 4 is 11.1 Å². The fraction of sp³-hybridized carbons (Fsp3) is 0.0769. The van der Waals surface area contributed by atoms with Crippen LogP contribution in [0.5, 0.6) is 0 Å². The number of hydrogen-bond acceptors (Lipinski definition) is 2. The maximum absolute atomic E-state index is 11.1. The Labute approximate surface area is 97.2 Å². The summed E-state index contributed by atoms with van der Waals surface area (Å²) in [6.45, 7) is 1.92. The molecule has 2 aromatic rings. The van der Waals surface area contributed by atoms with Crippen LogP contribution in [0.3, 0.4) is 0 Å². The number of aryl methyl sites for hydroxylation is 1. The van der Waals surface area contributed by atoms with Gasteiger partial charge in [-0.15, -0.1) is 0 Å². The van der Waals surface area contributed by atoms with Crippen molar-refractivity contribution in [2.45, 2.75) is 11.8 Å². The van der Waals surface area contributed by atoms with Crippen LogP contribution in [0.2, 0.25) is 0 Å². The minimum absolute atomic E-state index is 0.353. The number of hydrogen-bond donors (Lipinski definition) is 0. The first kappa shape index (κ1) is 11.0. The molecule has 2 nitrogen and oxygen atoms in total. The van der Waals surface area contributed by atoms with Crippen molar-refractivity contribution in [2.75, 3.05) is 0 Å². The molecule has 3 heteroatoms. The zero-order valence-corrected chi connectivity index (χ0v) is 9.66. The molecule has 1 unspecified atom stereocenters. The first-order valence-corrected chi connectivity index (χ1v) is 6.02. The number of benzene rings is 2. The third kappa shape index (κ3) is 2.05. The molecule has 0 spiro atoms. The van der Waals surface area contributed by atoms with E-state index in [1.54, 1.807) is 12.1 Å². The molecule has 0 aliphatic carbocycles. The van der Waals surface area contributed by atoms with Crippen LogP contribution in [0.25, 0.3) is 11.1 Å². The molecule has 0 N–H and O–H groups in total. The standard InChI is InChI=1S/C13H12O2S/c1-10-6-5-9-12(16(14)15)13(10)11-7-3-2-4-8-11/h2-9H,1H3,(H,14,15)/p-1. The fourth-order valence-corrected chi connectivity index (χ4v) is 2.39. The van der Waals surface area contributed by atoms with Crippen molar-refractivity contribution in [1.29, 1.82) is 0 Å². The molecule has 0 aliphatic rings. The Morgan fingerprint density at radius 3 is 2.31 bits per heavy atom. The Balaban J connectivity index is 2.68. The first-order valence-electron chi connectivity index (χ1n) is 4.94. The van der Waals surface area contributed by atoms with E-state index in [4.69, 9.17) is 0 Å². The van der Waals surface area contributed by atoms with Crippen molar-refractivity contribution in [2.24, 2.45) is 0 Å². The number of rotatable bonds is 2. The molecule has 0 bridgehead atoms. The Morgan fingerprint density at radius 2 is 1.69 bits per heavy atom. The molecule has 0 saturated carbocycles. The van der Waals surface area contributed by atoms with E-state index >= 15 is 0 Å². The Bertz CT molecular complexity index is 521. The minimum Gasteiger partial charge on any atom is -0.768 e. The quantitative estimate of drug-likeness (QED) is 0.745. The van der Waals surface area contributed by atoms with Crippen LogP contribution in [0.15, 0.2) is 53.4 Å². The highest BCUT2D eigenvalue weighted by atomic mass is 32.2. The van der Waals surface area contributed by atoms with E-state index in [9.17, 15) is 8.76 Å². The zero-order valence-electron chi connectivity index (χ0n) is 8.84. The fourth-order valence-electron chi connectivity index (χ4n) is 1.75. The highest BCUT2D eigenvalue weighted by Crippen LogP contribution is 2.28. The summed E-state index contributed by atoms with van der Waals surface area (Å²) in [5.41, 5.74) is 2.68. The van der Waals surface area contributed by atoms with Gasteiger partial charge in [-0.25, -0.2) is 0 Å². The van der Waals surface area contributed by atoms with Crippen molar-refractivity contribution in [3.63, 3.8) is 0 Å². The summed E-state index contributed by atoms with van der Waals surface area (Å²) in [5.74, 6) is 0. The minimum atomic E-state index is -2.20. The van der Waals surface area contributed by atoms with Crippen LogP contribution in [0.4, 0.5) is 0 Å². The zero-order chi connectivity index (χ0) is 11.5. The third-order valence-electron chi connectivity index (χ3n) is 2.48. The Morgan fingerprint density at radius 1 is 1.00 bits per heavy atom. The Kier molecular flexibility index (Phi) is 3.17. The molecule has 0 aromatic heterocycles. The predicted molar refractivity (Wildman–Crippen MR) is 63.8 cm³/mol. The maximum atomic E-state index is 11.1. The van der Waals surface area contributed by atoms with Crippen LogP contribution in [-0.2, 0) is 11.1 Å². The lowest BCUT2D eigenvalue weighted by Crippen LogP contribution is -1.95. The molecular formula is C13H11O2S-. The molecule has 0 fully saturated rings. The first-order chi connectivity index (χ1) is 7.70. The van der Waals surface area contributed by atoms with Crippen LogP contribution >= 0.6 is 0 Å². The third-order valence-corrected chi connectivity index (χ3v) is 3.18. The van der Waals surface area contributed by atoms with Crippen LogP contribution < -0.4 is 0 Å². The molecule has 0 amide bonds. The summed E-state index contributed by atoms with van der Waals surface area (Å²) < 4.78 is 22.3. The average molecular weight is 231 g/mol. The van der Waals surface area contributed by atoms with Gasteiger partial charge in [-0.1, -0.05) is 42.5 Å². The summed E-state index contributed by atoms with van der Waals surface area (Å²) >= 11 is -2.20. The van der Waals surface area contributed by atoms with Crippen molar-refractivity contribution in [3.8, 4) is 11.1 Å². The molecule has 82 valence electrons. The van der Waals surface area contributed by atoms with E-state index in [1.165, 1.54) is 0 Å². The van der Waals surface area contributed by atoms with E-state index in [1.807, 2.05) is 43.3 Å². The van der Waals surface area contributed by atoms with Crippen LogP contribution in [0, 0.1) is 6.92 Å². The average Bonchev–Trinajstić information content (AvgIpc) is 2.29. The molecular weight excluding hydrogens is 220 g/mol. The molecule has 1 atom stereocenters. The van der Waals surface area contributed by atoms with Gasteiger partial charge in [0.25, 0.3) is 0 Å². The lowest BCUT2D eigenvalue weighted by Gasteiger charge is -2.14. The van der Waals surface area contributed by atoms with Gasteiger partial charge in [-0.05, 0) is 40.8 Å². The SMILES string of the molecule is Cc1cccc(S(=O)[O-])c1-c1ccccc1. The highest BCUT2D eigenvalue weighted by Gasteiger charge is 2.07. The summed E-state index contributed by atoms with van der Waals surface area (Å²) in [6.07, 6.45) is 0. The molecule has 0 aliphatic heterocycles. The summed E-state index contributed by atoms with van der Waals surface area (Å²) in [6, 6.07) is 14.8. The second kappa shape index (κ2) is 4.60. The van der Waals surface area contributed by atoms with E-state index in [0.29, 0.717) is 4.90 Å². The molecule has 0 heterocycles. The lowest BCUT2D eigenvalue weighted by atomic mass is 10.0. The van der Waals surface area contributed by atoms with Crippen LogP contribution in [0.1, 0.15) is 5.56 Å². The van der Waals surface area contributed by atoms with E-state index in [-0.39, 0.29) is 0 Å². The van der Waals surface area contributed by atoms with Crippen LogP contribution in [-0.4, -0.2) is 8.76 Å². The smallest absolute Gasteiger partial charge is 0.0329 e. The summed E-state index contributed by atoms with van der Waals surface area (Å²) in [4.78, 5) is 0.353. The van der Waals surface area contributed by atoms with Crippen molar-refractivity contribution in [3.05, 3.63) is 54.1 Å². The summed E-state index contributed by atoms with van der Waals surface area (Å²) in [5, 5.41) is 0.